The summed E-state index contributed by atoms with van der Waals surface area (Å²) in [5.41, 5.74) is 10.0. The molecule has 2 aliphatic carbocycles. The first-order valence-corrected chi connectivity index (χ1v) is 24.7. The van der Waals surface area contributed by atoms with Crippen molar-refractivity contribution in [2.75, 3.05) is 10.6 Å². The van der Waals surface area contributed by atoms with Gasteiger partial charge in [0.05, 0.1) is 17.3 Å². The number of aromatic nitrogens is 15. The van der Waals surface area contributed by atoms with Crippen molar-refractivity contribution in [2.45, 2.75) is 122 Å². The van der Waals surface area contributed by atoms with Crippen LogP contribution < -0.4 is 16.4 Å². The Balaban J connectivity index is 0.000000186. The lowest BCUT2D eigenvalue weighted by Gasteiger charge is -2.18. The molecule has 26 heteroatoms. The molecule has 400 valence electrons. The Morgan fingerprint density at radius 2 is 1.26 bits per heavy atom. The number of halogens is 4. The standard InChI is InChI=1S/C25H28FN9O2.C18H20FN7.C7H9ClN2O2.ClH/c1-25(2,3)23-31-22(34-37-23)19(36)10-15-8-6-5-7-14-9-17(18(26)11-16(14)15)21-27-13-28-24(32-21)30-20-12-29-35(4)33-20;1-26-7-6-16(25-26)23-18-22-10-21-17(24-18)13-8-11-4-2-3-5-15(20)12(11)9-14(13)19;1-7(2,3)6-9-5(4(8)11)10-12-6;/h9,11-13,15H,5-8,10H2,1-4H3,(H,27,28,30,32,33);6-10,15H,2-5,20H2,1H3,(H,21,22,23,24,25);1-3H3;1H/t2*15-;;/m01../s1. The van der Waals surface area contributed by atoms with Crippen LogP contribution in [0.5, 0.6) is 0 Å². The summed E-state index contributed by atoms with van der Waals surface area (Å²) in [5, 5.41) is 24.9. The van der Waals surface area contributed by atoms with E-state index in [1.54, 1.807) is 30.1 Å². The van der Waals surface area contributed by atoms with Crippen molar-refractivity contribution in [2.24, 2.45) is 19.8 Å². The molecule has 2 aromatic carbocycles. The summed E-state index contributed by atoms with van der Waals surface area (Å²) in [7, 11) is 3.51. The molecule has 0 radical (unpaired) electrons. The lowest BCUT2D eigenvalue weighted by Crippen LogP contribution is -2.13. The highest BCUT2D eigenvalue weighted by Gasteiger charge is 2.29. The van der Waals surface area contributed by atoms with Gasteiger partial charge in [-0.3, -0.25) is 14.3 Å². The van der Waals surface area contributed by atoms with Crippen molar-refractivity contribution in [3.8, 4) is 22.8 Å². The monoisotopic (exact) mass is 1080 g/mol. The minimum Gasteiger partial charge on any atom is -0.338 e. The SMILES string of the molecule is CC(C)(C)c1nc(C(=O)Cl)no1.Cl.Cn1ccc(Nc2ncnc(-c3cc4c(cc3F)[C@H](N)CCCC4)n2)n1.Cn1ncc(Nc2ncnc(-c3cc4c(cc3F)[C@H](CC(=O)c3noc(C(C)(C)C)n3)CCCC4)n2)n1. The van der Waals surface area contributed by atoms with Gasteiger partial charge in [-0.05, 0) is 103 Å². The summed E-state index contributed by atoms with van der Waals surface area (Å²) >= 11 is 5.14. The molecule has 22 nitrogen and oxygen atoms in total. The number of hydrogen-bond donors (Lipinski definition) is 3. The summed E-state index contributed by atoms with van der Waals surface area (Å²) in [6, 6.07) is 8.36. The topological polar surface area (TPSA) is 288 Å². The molecule has 0 saturated carbocycles. The van der Waals surface area contributed by atoms with Crippen molar-refractivity contribution in [3.05, 3.63) is 113 Å². The van der Waals surface area contributed by atoms with E-state index in [4.69, 9.17) is 26.4 Å². The van der Waals surface area contributed by atoms with E-state index < -0.39 is 11.1 Å². The molecule has 6 aromatic heterocycles. The normalized spacial score (nSPS) is 15.3. The van der Waals surface area contributed by atoms with Gasteiger partial charge in [0.2, 0.25) is 35.3 Å². The van der Waals surface area contributed by atoms with Crippen LogP contribution in [0, 0.1) is 11.6 Å². The van der Waals surface area contributed by atoms with Gasteiger partial charge >= 0.3 is 0 Å². The van der Waals surface area contributed by atoms with Gasteiger partial charge in [0.1, 0.15) is 24.3 Å². The number of hydrogen-bond acceptors (Lipinski definition) is 20. The van der Waals surface area contributed by atoms with E-state index in [-0.39, 0.29) is 88.0 Å². The zero-order valence-corrected chi connectivity index (χ0v) is 44.7. The third-order valence-electron chi connectivity index (χ3n) is 12.2. The first kappa shape index (κ1) is 56.2. The Kier molecular flexibility index (Phi) is 17.7. The number of fused-ring (bicyclic) bond motifs is 2. The summed E-state index contributed by atoms with van der Waals surface area (Å²) in [6.07, 6.45) is 13.5. The lowest BCUT2D eigenvalue weighted by atomic mass is 9.87. The molecule has 10 rings (SSSR count). The number of anilines is 4. The van der Waals surface area contributed by atoms with Crippen molar-refractivity contribution < 1.29 is 27.4 Å². The van der Waals surface area contributed by atoms with E-state index >= 15 is 4.39 Å². The maximum atomic E-state index is 15.5. The van der Waals surface area contributed by atoms with E-state index in [2.05, 4.69) is 76.1 Å². The number of ketones is 1. The summed E-state index contributed by atoms with van der Waals surface area (Å²) < 4.78 is 42.0. The van der Waals surface area contributed by atoms with Crippen LogP contribution in [0.15, 0.2) is 64.4 Å². The molecule has 0 bridgehead atoms. The molecule has 0 aliphatic heterocycles. The fraction of sp³-hybridized carbons (Fsp3) is 0.420. The second-order valence-electron chi connectivity index (χ2n) is 20.2. The van der Waals surface area contributed by atoms with E-state index in [9.17, 15) is 14.0 Å². The van der Waals surface area contributed by atoms with Gasteiger partial charge in [-0.15, -0.1) is 17.5 Å². The summed E-state index contributed by atoms with van der Waals surface area (Å²) in [4.78, 5) is 58.4. The second-order valence-corrected chi connectivity index (χ2v) is 20.6. The van der Waals surface area contributed by atoms with Gasteiger partial charge in [0, 0.05) is 49.7 Å². The fourth-order valence-electron chi connectivity index (χ4n) is 8.33. The van der Waals surface area contributed by atoms with Crippen molar-refractivity contribution in [3.63, 3.8) is 0 Å². The molecule has 6 heterocycles. The van der Waals surface area contributed by atoms with Crippen LogP contribution in [0.25, 0.3) is 22.8 Å². The second kappa shape index (κ2) is 24.0. The molecule has 0 unspecified atom stereocenters. The van der Waals surface area contributed by atoms with Crippen LogP contribution in [0.1, 0.15) is 154 Å². The van der Waals surface area contributed by atoms with Crippen molar-refractivity contribution in [1.82, 2.24) is 75.0 Å². The zero-order chi connectivity index (χ0) is 53.6. The number of nitrogens with zero attached hydrogens (tertiary/aromatic N) is 15. The van der Waals surface area contributed by atoms with Crippen LogP contribution in [0.4, 0.5) is 32.3 Å². The third-order valence-corrected chi connectivity index (χ3v) is 12.3. The smallest absolute Gasteiger partial charge is 0.293 e. The summed E-state index contributed by atoms with van der Waals surface area (Å²) in [5.74, 6) is 1.77. The average molecular weight is 1080 g/mol. The van der Waals surface area contributed by atoms with E-state index in [1.165, 1.54) is 35.8 Å². The molecule has 2 atom stereocenters. The number of aryl methyl sites for hydroxylation is 4. The molecule has 2 aliphatic rings. The first-order chi connectivity index (χ1) is 35.7. The van der Waals surface area contributed by atoms with Gasteiger partial charge < -0.3 is 25.4 Å². The molecule has 76 heavy (non-hydrogen) atoms. The highest BCUT2D eigenvalue weighted by atomic mass is 35.5. The van der Waals surface area contributed by atoms with Crippen LogP contribution >= 0.6 is 24.0 Å². The Morgan fingerprint density at radius 3 is 1.78 bits per heavy atom. The highest BCUT2D eigenvalue weighted by Crippen LogP contribution is 2.38. The quantitative estimate of drug-likeness (QED) is 0.0652. The molecular weight excluding hydrogens is 1030 g/mol. The maximum Gasteiger partial charge on any atom is 0.293 e. The van der Waals surface area contributed by atoms with Crippen molar-refractivity contribution in [1.29, 1.82) is 0 Å². The lowest BCUT2D eigenvalue weighted by molar-refractivity contribution is 0.0958. The highest BCUT2D eigenvalue weighted by molar-refractivity contribution is 6.67. The number of carbonyl (C=O) groups excluding carboxylic acids is 2. The van der Waals surface area contributed by atoms with Gasteiger partial charge in [-0.2, -0.15) is 34.9 Å². The number of rotatable bonds is 10. The molecular formula is C50H58Cl2F2N18O4. The van der Waals surface area contributed by atoms with Crippen molar-refractivity contribution >= 4 is 58.6 Å². The number of nitrogens with two attached hydrogens (primary N) is 1. The maximum absolute atomic E-state index is 15.5. The average Bonchev–Trinajstić information content (AvgIpc) is 4.19. The predicted molar refractivity (Wildman–Crippen MR) is 278 cm³/mol. The molecule has 0 amide bonds. The zero-order valence-electron chi connectivity index (χ0n) is 43.2. The Morgan fingerprint density at radius 1 is 0.724 bits per heavy atom. The largest absolute Gasteiger partial charge is 0.338 e. The first-order valence-electron chi connectivity index (χ1n) is 24.3. The van der Waals surface area contributed by atoms with Gasteiger partial charge in [-0.25, -0.2) is 28.7 Å². The van der Waals surface area contributed by atoms with E-state index in [1.807, 2.05) is 54.7 Å². The molecule has 0 spiro atoms. The third kappa shape index (κ3) is 14.0. The van der Waals surface area contributed by atoms with Crippen LogP contribution in [-0.2, 0) is 37.8 Å². The van der Waals surface area contributed by atoms with E-state index in [0.717, 1.165) is 73.6 Å². The molecule has 0 saturated heterocycles. The van der Waals surface area contributed by atoms with Crippen LogP contribution in [-0.4, -0.2) is 86.0 Å². The van der Waals surface area contributed by atoms with Gasteiger partial charge in [-0.1, -0.05) is 64.7 Å². The van der Waals surface area contributed by atoms with Crippen LogP contribution in [0.2, 0.25) is 0 Å². The van der Waals surface area contributed by atoms with Crippen LogP contribution in [0.3, 0.4) is 0 Å². The molecule has 0 fully saturated rings. The molecule has 4 N–H and O–H groups in total. The minimum absolute atomic E-state index is 0. The number of benzene rings is 2. The van der Waals surface area contributed by atoms with E-state index in [0.29, 0.717) is 34.9 Å². The Labute approximate surface area is 447 Å². The molecule has 8 aromatic rings. The Bertz CT molecular complexity index is 3310. The number of nitrogens with one attached hydrogen (secondary N) is 2. The Hall–Kier alpha value is -7.57. The number of carbonyl (C=O) groups is 2. The fourth-order valence-corrected chi connectivity index (χ4v) is 8.40. The van der Waals surface area contributed by atoms with Gasteiger partial charge in [0.15, 0.2) is 23.3 Å². The number of Topliss-reactive ketones (excluding diaryl/α,β-unsaturated/α-hetero) is 1. The summed E-state index contributed by atoms with van der Waals surface area (Å²) in [6.45, 7) is 11.5. The minimum atomic E-state index is -0.700. The predicted octanol–water partition coefficient (Wildman–Crippen LogP) is 9.36. The van der Waals surface area contributed by atoms with Gasteiger partial charge in [0.25, 0.3) is 11.1 Å².